The quantitative estimate of drug-likeness (QED) is 0.518. The fourth-order valence-corrected chi connectivity index (χ4v) is 5.27. The van der Waals surface area contributed by atoms with Gasteiger partial charge in [0, 0.05) is 13.1 Å². The highest BCUT2D eigenvalue weighted by atomic mass is 16.5. The molecule has 0 spiro atoms. The predicted molar refractivity (Wildman–Crippen MR) is 113 cm³/mol. The molecule has 27 heavy (non-hydrogen) atoms. The maximum absolute atomic E-state index is 6.10. The maximum atomic E-state index is 6.10. The normalized spacial score (nSPS) is 24.5. The Balaban J connectivity index is 1.24. The molecule has 0 amide bonds. The van der Waals surface area contributed by atoms with Gasteiger partial charge in [0.05, 0.1) is 6.61 Å². The fraction of sp³-hybridized carbons (Fsp3) is 0.750. The highest BCUT2D eigenvalue weighted by Gasteiger charge is 2.21. The molecule has 2 saturated heterocycles. The van der Waals surface area contributed by atoms with Gasteiger partial charge in [0.1, 0.15) is 5.75 Å². The summed E-state index contributed by atoms with van der Waals surface area (Å²) in [5.74, 6) is 1.94. The van der Waals surface area contributed by atoms with Crippen molar-refractivity contribution in [1.82, 2.24) is 9.80 Å². The second kappa shape index (κ2) is 9.93. The first-order valence-electron chi connectivity index (χ1n) is 11.6. The highest BCUT2D eigenvalue weighted by Crippen LogP contribution is 2.29. The third-order valence-corrected chi connectivity index (χ3v) is 6.80. The van der Waals surface area contributed by atoms with Crippen molar-refractivity contribution in [3.63, 3.8) is 0 Å². The smallest absolute Gasteiger partial charge is 0.119 e. The summed E-state index contributed by atoms with van der Waals surface area (Å²) in [4.78, 5) is 5.29. The van der Waals surface area contributed by atoms with E-state index in [4.69, 9.17) is 4.74 Å². The number of hydrogen-bond donors (Lipinski definition) is 0. The summed E-state index contributed by atoms with van der Waals surface area (Å²) in [6, 6.07) is 6.92. The molecule has 2 aliphatic heterocycles. The zero-order chi connectivity index (χ0) is 18.3. The van der Waals surface area contributed by atoms with Gasteiger partial charge in [0.15, 0.2) is 0 Å². The van der Waals surface area contributed by atoms with Gasteiger partial charge in [-0.3, -0.25) is 0 Å². The standard InChI is InChI=1S/C24H38N2O/c1-2-12-25(13-3-1)16-7-17-27-24-11-10-23-18-21(8-6-9-22(23)19-24)20-26-14-4-5-15-26/h10-11,19,21H,1-9,12-18,20H2. The highest BCUT2D eigenvalue weighted by molar-refractivity contribution is 5.36. The van der Waals surface area contributed by atoms with Crippen LogP contribution >= 0.6 is 0 Å². The van der Waals surface area contributed by atoms with Gasteiger partial charge in [-0.2, -0.15) is 0 Å². The molecular formula is C24H38N2O. The summed E-state index contributed by atoms with van der Waals surface area (Å²) >= 11 is 0. The third kappa shape index (κ3) is 5.71. The summed E-state index contributed by atoms with van der Waals surface area (Å²) in [6.07, 6.45) is 13.4. The number of nitrogens with zero attached hydrogens (tertiary/aromatic N) is 2. The van der Waals surface area contributed by atoms with Crippen LogP contribution in [0.4, 0.5) is 0 Å². The van der Waals surface area contributed by atoms with Crippen LogP contribution in [-0.4, -0.2) is 55.7 Å². The zero-order valence-electron chi connectivity index (χ0n) is 17.1. The largest absolute Gasteiger partial charge is 0.494 e. The van der Waals surface area contributed by atoms with E-state index >= 15 is 0 Å². The lowest BCUT2D eigenvalue weighted by Gasteiger charge is -2.26. The molecule has 0 aromatic heterocycles. The summed E-state index contributed by atoms with van der Waals surface area (Å²) in [7, 11) is 0. The van der Waals surface area contributed by atoms with Crippen LogP contribution in [-0.2, 0) is 12.8 Å². The molecule has 1 aromatic carbocycles. The first-order chi connectivity index (χ1) is 13.4. The SMILES string of the molecule is c1cc2c(cc1OCCCN1CCCCC1)CCCC(CN1CCCC1)C2. The molecule has 3 heteroatoms. The van der Waals surface area contributed by atoms with Gasteiger partial charge in [-0.1, -0.05) is 12.5 Å². The maximum Gasteiger partial charge on any atom is 0.119 e. The van der Waals surface area contributed by atoms with Crippen molar-refractivity contribution < 1.29 is 4.74 Å². The predicted octanol–water partition coefficient (Wildman–Crippen LogP) is 4.53. The van der Waals surface area contributed by atoms with Crippen LogP contribution in [0, 0.1) is 5.92 Å². The van der Waals surface area contributed by atoms with Crippen molar-refractivity contribution in [2.75, 3.05) is 45.9 Å². The molecule has 2 heterocycles. The Bertz CT molecular complexity index is 576. The van der Waals surface area contributed by atoms with Gasteiger partial charge in [-0.25, -0.2) is 0 Å². The molecule has 3 nitrogen and oxygen atoms in total. The molecule has 2 fully saturated rings. The van der Waals surface area contributed by atoms with Crippen LogP contribution in [0.25, 0.3) is 0 Å². The molecule has 1 aliphatic carbocycles. The molecule has 0 radical (unpaired) electrons. The Kier molecular flexibility index (Phi) is 7.09. The Labute approximate surface area is 166 Å². The lowest BCUT2D eigenvalue weighted by molar-refractivity contribution is 0.205. The van der Waals surface area contributed by atoms with E-state index in [1.165, 1.54) is 97.1 Å². The average Bonchev–Trinajstić information content (AvgIpc) is 3.12. The summed E-state index contributed by atoms with van der Waals surface area (Å²) < 4.78 is 6.10. The second-order valence-electron chi connectivity index (χ2n) is 9.00. The molecule has 0 saturated carbocycles. The molecular weight excluding hydrogens is 332 g/mol. The Morgan fingerprint density at radius 2 is 1.63 bits per heavy atom. The van der Waals surface area contributed by atoms with Crippen molar-refractivity contribution >= 4 is 0 Å². The summed E-state index contributed by atoms with van der Waals surface area (Å²) in [6.45, 7) is 8.60. The number of ether oxygens (including phenoxy) is 1. The van der Waals surface area contributed by atoms with Crippen LogP contribution in [0.5, 0.6) is 5.75 Å². The Hall–Kier alpha value is -1.06. The van der Waals surface area contributed by atoms with E-state index in [1.54, 1.807) is 11.1 Å². The van der Waals surface area contributed by atoms with Crippen LogP contribution in [0.15, 0.2) is 18.2 Å². The van der Waals surface area contributed by atoms with Gasteiger partial charge in [-0.15, -0.1) is 0 Å². The molecule has 150 valence electrons. The van der Waals surface area contributed by atoms with Gasteiger partial charge < -0.3 is 14.5 Å². The second-order valence-corrected chi connectivity index (χ2v) is 9.00. The first kappa shape index (κ1) is 19.3. The monoisotopic (exact) mass is 370 g/mol. The molecule has 3 aliphatic rings. The zero-order valence-corrected chi connectivity index (χ0v) is 17.1. The molecule has 4 rings (SSSR count). The van der Waals surface area contributed by atoms with Crippen molar-refractivity contribution in [3.8, 4) is 5.75 Å². The number of piperidine rings is 1. The van der Waals surface area contributed by atoms with Crippen molar-refractivity contribution in [1.29, 1.82) is 0 Å². The van der Waals surface area contributed by atoms with E-state index in [2.05, 4.69) is 28.0 Å². The molecule has 0 N–H and O–H groups in total. The number of hydrogen-bond acceptors (Lipinski definition) is 3. The topological polar surface area (TPSA) is 15.7 Å². The molecule has 1 unspecified atom stereocenters. The lowest BCUT2D eigenvalue weighted by Crippen LogP contribution is -2.31. The minimum Gasteiger partial charge on any atom is -0.494 e. The minimum atomic E-state index is 0.848. The third-order valence-electron chi connectivity index (χ3n) is 6.80. The molecule has 1 atom stereocenters. The number of fused-ring (bicyclic) bond motifs is 1. The summed E-state index contributed by atoms with van der Waals surface area (Å²) in [5.41, 5.74) is 3.13. The van der Waals surface area contributed by atoms with E-state index in [9.17, 15) is 0 Å². The number of benzene rings is 1. The van der Waals surface area contributed by atoms with E-state index in [0.717, 1.165) is 24.7 Å². The van der Waals surface area contributed by atoms with Crippen molar-refractivity contribution in [2.45, 2.75) is 64.2 Å². The Morgan fingerprint density at radius 3 is 2.48 bits per heavy atom. The average molecular weight is 371 g/mol. The van der Waals surface area contributed by atoms with Crippen molar-refractivity contribution in [3.05, 3.63) is 29.3 Å². The van der Waals surface area contributed by atoms with E-state index in [1.807, 2.05) is 0 Å². The van der Waals surface area contributed by atoms with E-state index in [-0.39, 0.29) is 0 Å². The fourth-order valence-electron chi connectivity index (χ4n) is 5.27. The number of likely N-dealkylation sites (tertiary alicyclic amines) is 2. The van der Waals surface area contributed by atoms with Crippen LogP contribution < -0.4 is 4.74 Å². The minimum absolute atomic E-state index is 0.848. The molecule has 1 aromatic rings. The van der Waals surface area contributed by atoms with Gasteiger partial charge in [-0.05, 0) is 113 Å². The first-order valence-corrected chi connectivity index (χ1v) is 11.6. The molecule has 0 bridgehead atoms. The van der Waals surface area contributed by atoms with Crippen LogP contribution in [0.2, 0.25) is 0 Å². The Morgan fingerprint density at radius 1 is 0.852 bits per heavy atom. The number of aryl methyl sites for hydroxylation is 1. The van der Waals surface area contributed by atoms with Gasteiger partial charge >= 0.3 is 0 Å². The lowest BCUT2D eigenvalue weighted by atomic mass is 9.96. The van der Waals surface area contributed by atoms with E-state index < -0.39 is 0 Å². The van der Waals surface area contributed by atoms with Crippen LogP contribution in [0.1, 0.15) is 62.5 Å². The van der Waals surface area contributed by atoms with Gasteiger partial charge in [0.25, 0.3) is 0 Å². The van der Waals surface area contributed by atoms with Crippen molar-refractivity contribution in [2.24, 2.45) is 5.92 Å². The summed E-state index contributed by atoms with van der Waals surface area (Å²) in [5, 5.41) is 0. The van der Waals surface area contributed by atoms with E-state index in [0.29, 0.717) is 0 Å². The van der Waals surface area contributed by atoms with Gasteiger partial charge in [0.2, 0.25) is 0 Å². The number of rotatable bonds is 7. The van der Waals surface area contributed by atoms with Crippen LogP contribution in [0.3, 0.4) is 0 Å².